The Morgan fingerprint density at radius 1 is 1.59 bits per heavy atom. The molecule has 1 aromatic rings. The summed E-state index contributed by atoms with van der Waals surface area (Å²) in [5.74, 6) is -0.223. The standard InChI is InChI=1S/C12H15BrClNO2/c1-2-8(16)6-7-15-12(17)9-4-3-5-10(13)11(9)14/h3-5,8,16H,2,6-7H2,1H3,(H,15,17). The topological polar surface area (TPSA) is 49.3 Å². The fourth-order valence-corrected chi connectivity index (χ4v) is 1.91. The number of halogens is 2. The maximum absolute atomic E-state index is 11.8. The second-order valence-corrected chi connectivity index (χ2v) is 4.94. The van der Waals surface area contributed by atoms with Crippen molar-refractivity contribution < 1.29 is 9.90 Å². The van der Waals surface area contributed by atoms with Crippen molar-refractivity contribution in [2.45, 2.75) is 25.9 Å². The number of rotatable bonds is 5. The Hall–Kier alpha value is -0.580. The van der Waals surface area contributed by atoms with Gasteiger partial charge < -0.3 is 10.4 Å². The third kappa shape index (κ3) is 4.30. The smallest absolute Gasteiger partial charge is 0.252 e. The number of aliphatic hydroxyl groups excluding tert-OH is 1. The zero-order valence-electron chi connectivity index (χ0n) is 9.54. The molecule has 0 spiro atoms. The molecule has 0 bridgehead atoms. The molecule has 0 radical (unpaired) electrons. The number of hydrogen-bond donors (Lipinski definition) is 2. The summed E-state index contributed by atoms with van der Waals surface area (Å²) in [5, 5.41) is 12.5. The zero-order valence-corrected chi connectivity index (χ0v) is 11.9. The molecule has 3 nitrogen and oxygen atoms in total. The Kier molecular flexibility index (Phi) is 5.95. The van der Waals surface area contributed by atoms with Gasteiger partial charge in [-0.15, -0.1) is 0 Å². The molecule has 0 aromatic heterocycles. The summed E-state index contributed by atoms with van der Waals surface area (Å²) in [6, 6.07) is 5.20. The second kappa shape index (κ2) is 6.99. The van der Waals surface area contributed by atoms with E-state index in [-0.39, 0.29) is 12.0 Å². The third-order valence-electron chi connectivity index (χ3n) is 2.43. The van der Waals surface area contributed by atoms with Crippen LogP contribution < -0.4 is 5.32 Å². The number of carbonyl (C=O) groups is 1. The zero-order chi connectivity index (χ0) is 12.8. The molecule has 1 aromatic carbocycles. The minimum atomic E-state index is -0.367. The quantitative estimate of drug-likeness (QED) is 0.876. The van der Waals surface area contributed by atoms with Crippen molar-refractivity contribution in [1.29, 1.82) is 0 Å². The first kappa shape index (κ1) is 14.5. The molecule has 5 heteroatoms. The van der Waals surface area contributed by atoms with E-state index in [0.717, 1.165) is 0 Å². The Morgan fingerprint density at radius 3 is 2.94 bits per heavy atom. The van der Waals surface area contributed by atoms with Gasteiger partial charge in [0, 0.05) is 11.0 Å². The van der Waals surface area contributed by atoms with Crippen LogP contribution in [0.2, 0.25) is 5.02 Å². The second-order valence-electron chi connectivity index (χ2n) is 3.71. The van der Waals surface area contributed by atoms with Crippen LogP contribution in [0, 0.1) is 0 Å². The predicted molar refractivity (Wildman–Crippen MR) is 72.4 cm³/mol. The Morgan fingerprint density at radius 2 is 2.29 bits per heavy atom. The molecule has 0 aliphatic heterocycles. The SMILES string of the molecule is CCC(O)CCNC(=O)c1cccc(Br)c1Cl. The number of nitrogens with one attached hydrogen (secondary N) is 1. The van der Waals surface area contributed by atoms with Gasteiger partial charge in [-0.2, -0.15) is 0 Å². The summed E-state index contributed by atoms with van der Waals surface area (Å²) in [7, 11) is 0. The summed E-state index contributed by atoms with van der Waals surface area (Å²) in [6.07, 6.45) is 0.870. The average molecular weight is 321 g/mol. The molecule has 1 unspecified atom stereocenters. The predicted octanol–water partition coefficient (Wildman–Crippen LogP) is 2.99. The molecule has 94 valence electrons. The summed E-state index contributed by atoms with van der Waals surface area (Å²) < 4.78 is 0.695. The molecule has 1 atom stereocenters. The molecule has 0 aliphatic carbocycles. The van der Waals surface area contributed by atoms with Crippen LogP contribution in [0.1, 0.15) is 30.1 Å². The lowest BCUT2D eigenvalue weighted by Crippen LogP contribution is -2.27. The molecule has 0 saturated heterocycles. The summed E-state index contributed by atoms with van der Waals surface area (Å²) >= 11 is 9.26. The highest BCUT2D eigenvalue weighted by molar-refractivity contribution is 9.10. The molecule has 0 saturated carbocycles. The highest BCUT2D eigenvalue weighted by atomic mass is 79.9. The number of aliphatic hydroxyl groups is 1. The lowest BCUT2D eigenvalue weighted by Gasteiger charge is -2.10. The number of benzene rings is 1. The van der Waals surface area contributed by atoms with Gasteiger partial charge in [-0.25, -0.2) is 0 Å². The maximum Gasteiger partial charge on any atom is 0.252 e. The van der Waals surface area contributed by atoms with Crippen molar-refractivity contribution in [1.82, 2.24) is 5.32 Å². The first-order valence-corrected chi connectivity index (χ1v) is 6.63. The van der Waals surface area contributed by atoms with E-state index in [1.807, 2.05) is 6.92 Å². The average Bonchev–Trinajstić information content (AvgIpc) is 2.32. The molecule has 2 N–H and O–H groups in total. The molecule has 0 heterocycles. The minimum absolute atomic E-state index is 0.223. The Balaban J connectivity index is 2.56. The number of carbonyl (C=O) groups excluding carboxylic acids is 1. The lowest BCUT2D eigenvalue weighted by molar-refractivity contribution is 0.0942. The van der Waals surface area contributed by atoms with Gasteiger partial charge in [0.25, 0.3) is 5.91 Å². The van der Waals surface area contributed by atoms with E-state index in [9.17, 15) is 9.90 Å². The van der Waals surface area contributed by atoms with Crippen molar-refractivity contribution in [3.8, 4) is 0 Å². The highest BCUT2D eigenvalue weighted by Crippen LogP contribution is 2.25. The van der Waals surface area contributed by atoms with Crippen LogP contribution in [0.25, 0.3) is 0 Å². The van der Waals surface area contributed by atoms with E-state index >= 15 is 0 Å². The molecular weight excluding hydrogens is 305 g/mol. The van der Waals surface area contributed by atoms with Gasteiger partial charge >= 0.3 is 0 Å². The van der Waals surface area contributed by atoms with E-state index < -0.39 is 0 Å². The minimum Gasteiger partial charge on any atom is -0.393 e. The molecule has 1 rings (SSSR count). The van der Waals surface area contributed by atoms with Gasteiger partial charge in [0.1, 0.15) is 0 Å². The number of amides is 1. The number of hydrogen-bond acceptors (Lipinski definition) is 2. The van der Waals surface area contributed by atoms with Gasteiger partial charge in [0.2, 0.25) is 0 Å². The van der Waals surface area contributed by atoms with Crippen LogP contribution in [-0.2, 0) is 0 Å². The Bertz CT molecular complexity index is 398. The van der Waals surface area contributed by atoms with Gasteiger partial charge in [-0.3, -0.25) is 4.79 Å². The van der Waals surface area contributed by atoms with Crippen LogP contribution in [0.4, 0.5) is 0 Å². The first-order chi connectivity index (χ1) is 8.06. The van der Waals surface area contributed by atoms with Gasteiger partial charge in [-0.05, 0) is 40.9 Å². The van der Waals surface area contributed by atoms with Crippen molar-refractivity contribution in [3.63, 3.8) is 0 Å². The summed E-state index contributed by atoms with van der Waals surface area (Å²) in [5.41, 5.74) is 0.437. The van der Waals surface area contributed by atoms with Crippen LogP contribution in [-0.4, -0.2) is 23.7 Å². The molecule has 0 fully saturated rings. The fraction of sp³-hybridized carbons (Fsp3) is 0.417. The van der Waals surface area contributed by atoms with Crippen molar-refractivity contribution >= 4 is 33.4 Å². The third-order valence-corrected chi connectivity index (χ3v) is 3.73. The normalized spacial score (nSPS) is 12.2. The van der Waals surface area contributed by atoms with Gasteiger partial charge in [0.15, 0.2) is 0 Å². The van der Waals surface area contributed by atoms with Crippen molar-refractivity contribution in [2.24, 2.45) is 0 Å². The van der Waals surface area contributed by atoms with Crippen molar-refractivity contribution in [3.05, 3.63) is 33.3 Å². The van der Waals surface area contributed by atoms with Crippen molar-refractivity contribution in [2.75, 3.05) is 6.54 Å². The van der Waals surface area contributed by atoms with E-state index in [0.29, 0.717) is 34.4 Å². The highest BCUT2D eigenvalue weighted by Gasteiger charge is 2.12. The largest absolute Gasteiger partial charge is 0.393 e. The monoisotopic (exact) mass is 319 g/mol. The maximum atomic E-state index is 11.8. The molecule has 1 amide bonds. The lowest BCUT2D eigenvalue weighted by atomic mass is 10.2. The van der Waals surface area contributed by atoms with E-state index in [2.05, 4.69) is 21.2 Å². The molecule has 17 heavy (non-hydrogen) atoms. The fourth-order valence-electron chi connectivity index (χ4n) is 1.33. The molecular formula is C12H15BrClNO2. The van der Waals surface area contributed by atoms with Crippen LogP contribution in [0.3, 0.4) is 0 Å². The summed E-state index contributed by atoms with van der Waals surface area (Å²) in [6.45, 7) is 2.34. The van der Waals surface area contributed by atoms with Crippen LogP contribution >= 0.6 is 27.5 Å². The van der Waals surface area contributed by atoms with Gasteiger partial charge in [-0.1, -0.05) is 24.6 Å². The Labute approximate surface area is 114 Å². The first-order valence-electron chi connectivity index (χ1n) is 5.46. The molecule has 0 aliphatic rings. The summed E-state index contributed by atoms with van der Waals surface area (Å²) in [4.78, 5) is 11.8. The van der Waals surface area contributed by atoms with E-state index in [4.69, 9.17) is 11.6 Å². The van der Waals surface area contributed by atoms with Crippen LogP contribution in [0.15, 0.2) is 22.7 Å². The van der Waals surface area contributed by atoms with Gasteiger partial charge in [0.05, 0.1) is 16.7 Å². The van der Waals surface area contributed by atoms with E-state index in [1.165, 1.54) is 0 Å². The van der Waals surface area contributed by atoms with Crippen LogP contribution in [0.5, 0.6) is 0 Å². The van der Waals surface area contributed by atoms with E-state index in [1.54, 1.807) is 18.2 Å².